The molecule has 0 bridgehead atoms. The van der Waals surface area contributed by atoms with E-state index in [2.05, 4.69) is 32.5 Å². The molecule has 4 aromatic heterocycles. The molecule has 126 valence electrons. The van der Waals surface area contributed by atoms with Crippen molar-refractivity contribution in [2.24, 2.45) is 5.73 Å². The molecule has 1 aromatic carbocycles. The Kier molecular flexibility index (Phi) is 3.20. The van der Waals surface area contributed by atoms with Crippen molar-refractivity contribution in [3.05, 3.63) is 65.8 Å². The van der Waals surface area contributed by atoms with Crippen molar-refractivity contribution in [1.29, 1.82) is 0 Å². The zero-order chi connectivity index (χ0) is 17.7. The Morgan fingerprint density at radius 2 is 1.96 bits per heavy atom. The number of thiophene rings is 1. The van der Waals surface area contributed by atoms with E-state index in [-0.39, 0.29) is 0 Å². The van der Waals surface area contributed by atoms with Gasteiger partial charge in [-0.1, -0.05) is 18.2 Å². The maximum Gasteiger partial charge on any atom is 0.250 e. The second-order valence-electron chi connectivity index (χ2n) is 6.08. The summed E-state index contributed by atoms with van der Waals surface area (Å²) in [5.41, 5.74) is 10.5. The van der Waals surface area contributed by atoms with E-state index in [0.717, 1.165) is 38.9 Å². The number of nitrogens with zero attached hydrogens (tertiary/aromatic N) is 1. The first-order chi connectivity index (χ1) is 12.7. The number of aromatic nitrogens is 3. The molecular weight excluding hydrogens is 344 g/mol. The van der Waals surface area contributed by atoms with Crippen molar-refractivity contribution in [1.82, 2.24) is 15.0 Å². The minimum Gasteiger partial charge on any atom is -0.366 e. The van der Waals surface area contributed by atoms with Gasteiger partial charge < -0.3 is 15.7 Å². The normalized spacial score (nSPS) is 11.4. The highest BCUT2D eigenvalue weighted by Crippen LogP contribution is 2.37. The number of primary amides is 1. The van der Waals surface area contributed by atoms with Crippen molar-refractivity contribution < 1.29 is 4.79 Å². The molecule has 0 unspecified atom stereocenters. The van der Waals surface area contributed by atoms with Crippen LogP contribution in [-0.4, -0.2) is 20.9 Å². The molecule has 5 rings (SSSR count). The van der Waals surface area contributed by atoms with Gasteiger partial charge in [-0.15, -0.1) is 11.3 Å². The van der Waals surface area contributed by atoms with Crippen molar-refractivity contribution in [3.63, 3.8) is 0 Å². The van der Waals surface area contributed by atoms with Crippen LogP contribution in [0.5, 0.6) is 0 Å². The molecule has 4 heterocycles. The van der Waals surface area contributed by atoms with Crippen LogP contribution in [0.3, 0.4) is 0 Å². The van der Waals surface area contributed by atoms with Gasteiger partial charge >= 0.3 is 0 Å². The van der Waals surface area contributed by atoms with E-state index < -0.39 is 5.91 Å². The molecule has 0 saturated heterocycles. The van der Waals surface area contributed by atoms with Gasteiger partial charge in [-0.3, -0.25) is 4.79 Å². The van der Waals surface area contributed by atoms with Crippen molar-refractivity contribution >= 4 is 38.4 Å². The van der Waals surface area contributed by atoms with Gasteiger partial charge in [-0.25, -0.2) is 4.98 Å². The van der Waals surface area contributed by atoms with Gasteiger partial charge in [-0.2, -0.15) is 0 Å². The number of H-pyrrole nitrogens is 2. The Morgan fingerprint density at radius 1 is 1.08 bits per heavy atom. The summed E-state index contributed by atoms with van der Waals surface area (Å²) in [6.07, 6.45) is 3.60. The monoisotopic (exact) mass is 358 g/mol. The molecular formula is C20H14N4OS. The molecule has 0 spiro atoms. The first kappa shape index (κ1) is 14.9. The fourth-order valence-electron chi connectivity index (χ4n) is 3.37. The molecule has 0 fully saturated rings. The molecule has 6 heteroatoms. The molecule has 1 amide bonds. The van der Waals surface area contributed by atoms with Crippen LogP contribution in [0, 0.1) is 0 Å². The predicted molar refractivity (Wildman–Crippen MR) is 105 cm³/mol. The second-order valence-corrected chi connectivity index (χ2v) is 6.99. The third-order valence-electron chi connectivity index (χ3n) is 4.58. The van der Waals surface area contributed by atoms with E-state index >= 15 is 0 Å². The van der Waals surface area contributed by atoms with E-state index in [9.17, 15) is 4.79 Å². The van der Waals surface area contributed by atoms with Crippen LogP contribution in [0.15, 0.2) is 60.2 Å². The summed E-state index contributed by atoms with van der Waals surface area (Å²) < 4.78 is 1.17. The number of hydrogen-bond donors (Lipinski definition) is 3. The van der Waals surface area contributed by atoms with Crippen LogP contribution in [0.1, 0.15) is 10.4 Å². The number of nitrogens with two attached hydrogens (primary N) is 1. The number of hydrogen-bond acceptors (Lipinski definition) is 3. The standard InChI is InChI=1S/C20H14N4OS/c21-19(25)14-9-16(11-5-7-22-20-13(11)6-8-23-20)24-18(14)15-10-26-17-4-2-1-3-12(15)17/h1-10,24H,(H2,21,25)(H,22,23). The quantitative estimate of drug-likeness (QED) is 0.442. The number of aromatic amines is 2. The highest BCUT2D eigenvalue weighted by molar-refractivity contribution is 7.17. The Bertz CT molecular complexity index is 1280. The van der Waals surface area contributed by atoms with Gasteiger partial charge in [0.05, 0.1) is 11.3 Å². The summed E-state index contributed by atoms with van der Waals surface area (Å²) in [5, 5.41) is 4.16. The Hall–Kier alpha value is -3.38. The summed E-state index contributed by atoms with van der Waals surface area (Å²) in [6.45, 7) is 0. The maximum absolute atomic E-state index is 12.1. The number of pyridine rings is 1. The average molecular weight is 358 g/mol. The fraction of sp³-hybridized carbons (Fsp3) is 0. The van der Waals surface area contributed by atoms with E-state index in [0.29, 0.717) is 5.56 Å². The van der Waals surface area contributed by atoms with E-state index in [4.69, 9.17) is 5.73 Å². The number of carbonyl (C=O) groups excluding carboxylic acids is 1. The Balaban J connectivity index is 1.77. The van der Waals surface area contributed by atoms with Crippen LogP contribution in [0.4, 0.5) is 0 Å². The van der Waals surface area contributed by atoms with Gasteiger partial charge in [0.2, 0.25) is 0 Å². The lowest BCUT2D eigenvalue weighted by molar-refractivity contribution is 0.100. The number of carbonyl (C=O) groups is 1. The molecule has 0 atom stereocenters. The molecule has 0 aliphatic carbocycles. The summed E-state index contributed by atoms with van der Waals surface area (Å²) in [6, 6.07) is 13.9. The predicted octanol–water partition coefficient (Wildman–Crippen LogP) is 4.54. The van der Waals surface area contributed by atoms with Crippen LogP contribution in [0.2, 0.25) is 0 Å². The van der Waals surface area contributed by atoms with Gasteiger partial charge in [0.15, 0.2) is 0 Å². The zero-order valence-corrected chi connectivity index (χ0v) is 14.4. The lowest BCUT2D eigenvalue weighted by Crippen LogP contribution is -2.10. The van der Waals surface area contributed by atoms with Crippen LogP contribution < -0.4 is 5.73 Å². The van der Waals surface area contributed by atoms with E-state index in [1.54, 1.807) is 17.5 Å². The summed E-state index contributed by atoms with van der Waals surface area (Å²) in [5.74, 6) is -0.447. The third kappa shape index (κ3) is 2.16. The molecule has 5 aromatic rings. The highest BCUT2D eigenvalue weighted by Gasteiger charge is 2.19. The van der Waals surface area contributed by atoms with E-state index in [1.807, 2.05) is 36.5 Å². The second kappa shape index (κ2) is 5.57. The van der Waals surface area contributed by atoms with E-state index in [1.165, 1.54) is 4.70 Å². The van der Waals surface area contributed by atoms with Crippen LogP contribution in [-0.2, 0) is 0 Å². The molecule has 26 heavy (non-hydrogen) atoms. The third-order valence-corrected chi connectivity index (χ3v) is 5.55. The number of benzene rings is 1. The first-order valence-corrected chi connectivity index (χ1v) is 9.02. The smallest absolute Gasteiger partial charge is 0.250 e. The molecule has 0 aliphatic heterocycles. The van der Waals surface area contributed by atoms with Crippen molar-refractivity contribution in [3.8, 4) is 22.5 Å². The number of nitrogens with one attached hydrogen (secondary N) is 2. The van der Waals surface area contributed by atoms with Gasteiger partial charge in [-0.05, 0) is 24.3 Å². The largest absolute Gasteiger partial charge is 0.366 e. The minimum atomic E-state index is -0.447. The summed E-state index contributed by atoms with van der Waals surface area (Å²) in [4.78, 5) is 23.0. The topological polar surface area (TPSA) is 87.6 Å². The molecule has 5 nitrogen and oxygen atoms in total. The lowest BCUT2D eigenvalue weighted by Gasteiger charge is -2.01. The SMILES string of the molecule is NC(=O)c1cc(-c2ccnc3[nH]ccc23)[nH]c1-c1csc2ccccc12. The zero-order valence-electron chi connectivity index (χ0n) is 13.6. The van der Waals surface area contributed by atoms with Crippen LogP contribution >= 0.6 is 11.3 Å². The van der Waals surface area contributed by atoms with Gasteiger partial charge in [0.1, 0.15) is 5.65 Å². The van der Waals surface area contributed by atoms with Gasteiger partial charge in [0.25, 0.3) is 5.91 Å². The Labute approximate surface area is 152 Å². The van der Waals surface area contributed by atoms with Crippen molar-refractivity contribution in [2.75, 3.05) is 0 Å². The number of fused-ring (bicyclic) bond motifs is 2. The number of rotatable bonds is 3. The highest BCUT2D eigenvalue weighted by atomic mass is 32.1. The Morgan fingerprint density at radius 3 is 2.85 bits per heavy atom. The fourth-order valence-corrected chi connectivity index (χ4v) is 4.33. The van der Waals surface area contributed by atoms with Crippen LogP contribution in [0.25, 0.3) is 43.6 Å². The molecule has 0 aliphatic rings. The molecule has 0 radical (unpaired) electrons. The molecule has 0 saturated carbocycles. The summed E-state index contributed by atoms with van der Waals surface area (Å²) >= 11 is 1.65. The number of amides is 1. The van der Waals surface area contributed by atoms with Gasteiger partial charge in [0, 0.05) is 50.1 Å². The summed E-state index contributed by atoms with van der Waals surface area (Å²) in [7, 11) is 0. The van der Waals surface area contributed by atoms with Crippen molar-refractivity contribution in [2.45, 2.75) is 0 Å². The first-order valence-electron chi connectivity index (χ1n) is 8.14. The molecule has 4 N–H and O–H groups in total. The minimum absolute atomic E-state index is 0.447. The lowest BCUT2D eigenvalue weighted by atomic mass is 10.1. The average Bonchev–Trinajstić information content (AvgIpc) is 3.37. The maximum atomic E-state index is 12.1.